The van der Waals surface area contributed by atoms with Gasteiger partial charge in [0.05, 0.1) is 6.42 Å². The Morgan fingerprint density at radius 3 is 2.17 bits per heavy atom. The molecule has 18 heavy (non-hydrogen) atoms. The maximum Gasteiger partial charge on any atom is 0.304 e. The zero-order valence-electron chi connectivity index (χ0n) is 11.1. The van der Waals surface area contributed by atoms with Gasteiger partial charge in [-0.1, -0.05) is 45.0 Å². The van der Waals surface area contributed by atoms with Gasteiger partial charge in [-0.3, -0.25) is 4.79 Å². The molecule has 0 unspecified atom stereocenters. The summed E-state index contributed by atoms with van der Waals surface area (Å²) in [6, 6.07) is 7.92. The Bertz CT molecular complexity index is 382. The van der Waals surface area contributed by atoms with Crippen molar-refractivity contribution in [3.63, 3.8) is 0 Å². The lowest BCUT2D eigenvalue weighted by molar-refractivity contribution is -0.137. The molecule has 3 N–H and O–H groups in total. The first kappa shape index (κ1) is 16.9. The molecule has 0 aromatic heterocycles. The number of carbonyl (C=O) groups is 1. The van der Waals surface area contributed by atoms with Gasteiger partial charge in [0.25, 0.3) is 0 Å². The van der Waals surface area contributed by atoms with Gasteiger partial charge in [0.15, 0.2) is 0 Å². The van der Waals surface area contributed by atoms with Crippen molar-refractivity contribution in [2.24, 2.45) is 5.73 Å². The standard InChI is InChI=1S/C14H21NO2.ClH/c1-14(2,3)11-6-4-10(5-7-11)8-12(15)9-13(16)17;/h4-7,12H,8-9,15H2,1-3H3,(H,16,17);1H/t12-;/m0./s1. The lowest BCUT2D eigenvalue weighted by Crippen LogP contribution is -2.26. The van der Waals surface area contributed by atoms with Gasteiger partial charge in [0, 0.05) is 6.04 Å². The molecule has 0 spiro atoms. The number of hydrogen-bond acceptors (Lipinski definition) is 2. The van der Waals surface area contributed by atoms with E-state index in [0.717, 1.165) is 5.56 Å². The molecule has 0 aliphatic rings. The van der Waals surface area contributed by atoms with E-state index in [0.29, 0.717) is 6.42 Å². The Morgan fingerprint density at radius 1 is 1.28 bits per heavy atom. The minimum Gasteiger partial charge on any atom is -0.481 e. The molecule has 0 amide bonds. The summed E-state index contributed by atoms with van der Waals surface area (Å²) in [4.78, 5) is 10.5. The normalized spacial score (nSPS) is 12.7. The summed E-state index contributed by atoms with van der Waals surface area (Å²) in [5.74, 6) is -0.844. The first-order valence-corrected chi connectivity index (χ1v) is 5.86. The van der Waals surface area contributed by atoms with Crippen molar-refractivity contribution in [3.05, 3.63) is 35.4 Å². The fourth-order valence-electron chi connectivity index (χ4n) is 1.74. The first-order valence-electron chi connectivity index (χ1n) is 5.86. The maximum absolute atomic E-state index is 10.5. The molecule has 0 bridgehead atoms. The highest BCUT2D eigenvalue weighted by molar-refractivity contribution is 5.85. The number of rotatable bonds is 4. The van der Waals surface area contributed by atoms with E-state index in [-0.39, 0.29) is 30.3 Å². The number of carboxylic acid groups (broad SMARTS) is 1. The van der Waals surface area contributed by atoms with E-state index >= 15 is 0 Å². The summed E-state index contributed by atoms with van der Waals surface area (Å²) in [5.41, 5.74) is 8.25. The Kier molecular flexibility index (Phi) is 6.36. The largest absolute Gasteiger partial charge is 0.481 e. The van der Waals surface area contributed by atoms with E-state index < -0.39 is 5.97 Å². The van der Waals surface area contributed by atoms with Crippen LogP contribution in [0.3, 0.4) is 0 Å². The molecule has 4 heteroatoms. The molecular weight excluding hydrogens is 250 g/mol. The predicted octanol–water partition coefficient (Wildman–Crippen LogP) is 2.75. The van der Waals surface area contributed by atoms with Crippen molar-refractivity contribution in [3.8, 4) is 0 Å². The van der Waals surface area contributed by atoms with Gasteiger partial charge >= 0.3 is 5.97 Å². The third-order valence-electron chi connectivity index (χ3n) is 2.75. The predicted molar refractivity (Wildman–Crippen MR) is 76.3 cm³/mol. The summed E-state index contributed by atoms with van der Waals surface area (Å²) < 4.78 is 0. The summed E-state index contributed by atoms with van der Waals surface area (Å²) >= 11 is 0. The average molecular weight is 272 g/mol. The summed E-state index contributed by atoms with van der Waals surface area (Å²) in [6.07, 6.45) is 0.623. The molecule has 0 aliphatic carbocycles. The zero-order chi connectivity index (χ0) is 13.1. The van der Waals surface area contributed by atoms with E-state index in [1.54, 1.807) is 0 Å². The minimum absolute atomic E-state index is 0. The molecule has 3 nitrogen and oxygen atoms in total. The fourth-order valence-corrected chi connectivity index (χ4v) is 1.74. The Morgan fingerprint density at radius 2 is 1.78 bits per heavy atom. The molecule has 0 aliphatic heterocycles. The van der Waals surface area contributed by atoms with Crippen LogP contribution in [-0.4, -0.2) is 17.1 Å². The quantitative estimate of drug-likeness (QED) is 0.885. The molecule has 0 radical (unpaired) electrons. The van der Waals surface area contributed by atoms with Gasteiger partial charge in [-0.2, -0.15) is 0 Å². The highest BCUT2D eigenvalue weighted by Crippen LogP contribution is 2.22. The fraction of sp³-hybridized carbons (Fsp3) is 0.500. The van der Waals surface area contributed by atoms with Crippen molar-refractivity contribution < 1.29 is 9.90 Å². The first-order chi connectivity index (χ1) is 7.79. The molecule has 1 atom stereocenters. The van der Waals surface area contributed by atoms with Crippen LogP contribution in [0.25, 0.3) is 0 Å². The monoisotopic (exact) mass is 271 g/mol. The van der Waals surface area contributed by atoms with Crippen molar-refractivity contribution in [1.29, 1.82) is 0 Å². The molecule has 0 saturated heterocycles. The molecular formula is C14H22ClNO2. The highest BCUT2D eigenvalue weighted by Gasteiger charge is 2.14. The van der Waals surface area contributed by atoms with Crippen LogP contribution in [0.15, 0.2) is 24.3 Å². The number of benzene rings is 1. The number of nitrogens with two attached hydrogens (primary N) is 1. The molecule has 0 saturated carbocycles. The van der Waals surface area contributed by atoms with Crippen LogP contribution >= 0.6 is 12.4 Å². The minimum atomic E-state index is -0.844. The summed E-state index contributed by atoms with van der Waals surface area (Å²) in [7, 11) is 0. The molecule has 1 aromatic carbocycles. The SMILES string of the molecule is CC(C)(C)c1ccc(C[C@H](N)CC(=O)O)cc1.Cl. The lowest BCUT2D eigenvalue weighted by Gasteiger charge is -2.19. The van der Waals surface area contributed by atoms with Gasteiger partial charge in [-0.25, -0.2) is 0 Å². The molecule has 102 valence electrons. The zero-order valence-corrected chi connectivity index (χ0v) is 12.0. The third-order valence-corrected chi connectivity index (χ3v) is 2.75. The van der Waals surface area contributed by atoms with Crippen molar-refractivity contribution in [2.75, 3.05) is 0 Å². The molecule has 0 heterocycles. The van der Waals surface area contributed by atoms with Crippen molar-refractivity contribution >= 4 is 18.4 Å². The van der Waals surface area contributed by atoms with E-state index in [2.05, 4.69) is 32.9 Å². The summed E-state index contributed by atoms with van der Waals surface area (Å²) in [5, 5.41) is 8.63. The van der Waals surface area contributed by atoms with Gasteiger partial charge in [-0.05, 0) is 23.0 Å². The lowest BCUT2D eigenvalue weighted by atomic mass is 9.86. The van der Waals surface area contributed by atoms with Gasteiger partial charge in [0.2, 0.25) is 0 Å². The number of aliphatic carboxylic acids is 1. The maximum atomic E-state index is 10.5. The Labute approximate surface area is 115 Å². The van der Waals surface area contributed by atoms with Crippen LogP contribution in [0, 0.1) is 0 Å². The second kappa shape index (κ2) is 6.76. The van der Waals surface area contributed by atoms with Gasteiger partial charge in [0.1, 0.15) is 0 Å². The molecule has 0 fully saturated rings. The number of hydrogen-bond donors (Lipinski definition) is 2. The van der Waals surface area contributed by atoms with Crippen LogP contribution in [0.1, 0.15) is 38.3 Å². The van der Waals surface area contributed by atoms with Crippen LogP contribution in [0.5, 0.6) is 0 Å². The van der Waals surface area contributed by atoms with Crippen LogP contribution in [-0.2, 0) is 16.6 Å². The number of halogens is 1. The third kappa shape index (κ3) is 5.52. The second-order valence-electron chi connectivity index (χ2n) is 5.51. The molecule has 1 rings (SSSR count). The number of carboxylic acids is 1. The van der Waals surface area contributed by atoms with Gasteiger partial charge < -0.3 is 10.8 Å². The van der Waals surface area contributed by atoms with Crippen molar-refractivity contribution in [2.45, 2.75) is 45.1 Å². The topological polar surface area (TPSA) is 63.3 Å². The van der Waals surface area contributed by atoms with Crippen molar-refractivity contribution in [1.82, 2.24) is 0 Å². The molecule has 1 aromatic rings. The van der Waals surface area contributed by atoms with Crippen LogP contribution in [0.2, 0.25) is 0 Å². The van der Waals surface area contributed by atoms with E-state index in [1.807, 2.05) is 12.1 Å². The Hall–Kier alpha value is -1.06. The smallest absolute Gasteiger partial charge is 0.304 e. The second-order valence-corrected chi connectivity index (χ2v) is 5.51. The van der Waals surface area contributed by atoms with E-state index in [9.17, 15) is 4.79 Å². The van der Waals surface area contributed by atoms with E-state index in [4.69, 9.17) is 10.8 Å². The Balaban J connectivity index is 0.00000289. The van der Waals surface area contributed by atoms with E-state index in [1.165, 1.54) is 5.56 Å². The summed E-state index contributed by atoms with van der Waals surface area (Å²) in [6.45, 7) is 6.49. The van der Waals surface area contributed by atoms with Crippen LogP contribution < -0.4 is 5.73 Å². The average Bonchev–Trinajstić information content (AvgIpc) is 2.15. The van der Waals surface area contributed by atoms with Gasteiger partial charge in [-0.15, -0.1) is 12.4 Å². The highest BCUT2D eigenvalue weighted by atomic mass is 35.5. The van der Waals surface area contributed by atoms with Crippen LogP contribution in [0.4, 0.5) is 0 Å².